The van der Waals surface area contributed by atoms with Crippen molar-refractivity contribution in [3.63, 3.8) is 0 Å². The number of ether oxygens (including phenoxy) is 4. The minimum absolute atomic E-state index is 0.00357. The molecule has 2 bridgehead atoms. The Morgan fingerprint density at radius 2 is 1.67 bits per heavy atom. The molecule has 9 nitrogen and oxygen atoms in total. The van der Waals surface area contributed by atoms with Gasteiger partial charge < -0.3 is 18.9 Å². The third-order valence-electron chi connectivity index (χ3n) is 11.2. The first kappa shape index (κ1) is 27.6. The van der Waals surface area contributed by atoms with Gasteiger partial charge in [-0.3, -0.25) is 24.0 Å². The normalized spacial score (nSPS) is 43.5. The molecule has 0 radical (unpaired) electrons. The Labute approximate surface area is 228 Å². The number of esters is 4. The van der Waals surface area contributed by atoms with E-state index in [0.717, 1.165) is 0 Å². The molecule has 1 saturated heterocycles. The van der Waals surface area contributed by atoms with E-state index in [1.54, 1.807) is 20.8 Å². The summed E-state index contributed by atoms with van der Waals surface area (Å²) >= 11 is 0. The van der Waals surface area contributed by atoms with Gasteiger partial charge in [0.15, 0.2) is 5.78 Å². The van der Waals surface area contributed by atoms with E-state index >= 15 is 0 Å². The molecule has 2 saturated carbocycles. The summed E-state index contributed by atoms with van der Waals surface area (Å²) in [6.45, 7) is 13.6. The van der Waals surface area contributed by atoms with Crippen LogP contribution in [0.4, 0.5) is 0 Å². The fourth-order valence-corrected chi connectivity index (χ4v) is 9.85. The van der Waals surface area contributed by atoms with Crippen LogP contribution < -0.4 is 0 Å². The van der Waals surface area contributed by atoms with Crippen LogP contribution in [0, 0.1) is 38.9 Å². The van der Waals surface area contributed by atoms with Crippen LogP contribution in [0.1, 0.15) is 74.7 Å². The molecule has 1 aliphatic heterocycles. The SMILES string of the molecule is CO[13C](=O)[C@]12[13C](OC(C)=O)=C(C)C(=O)[C@@]1(C)C(C)=C[C@@H]1[C@@]34CC[C@@H](OC(C)=O)C(C)(C)C3[C@H](C[C@]12C)OC4=O. The molecule has 0 aromatic carbocycles. The highest BCUT2D eigenvalue weighted by atomic mass is 16.6. The van der Waals surface area contributed by atoms with Crippen LogP contribution >= 0.6 is 0 Å². The first-order valence-electron chi connectivity index (χ1n) is 13.6. The number of ketones is 1. The maximum Gasteiger partial charge on any atom is 0.321 e. The second-order valence-corrected chi connectivity index (χ2v) is 13.1. The molecular weight excluding hydrogens is 506 g/mol. The minimum Gasteiger partial charge on any atom is -0.468 e. The molecule has 0 N–H and O–H groups in total. The van der Waals surface area contributed by atoms with Crippen molar-refractivity contribution in [2.75, 3.05) is 7.11 Å². The van der Waals surface area contributed by atoms with Gasteiger partial charge in [0.25, 0.3) is 0 Å². The summed E-state index contributed by atoms with van der Waals surface area (Å²) in [5, 5.41) is 0. The molecule has 1 heterocycles. The van der Waals surface area contributed by atoms with Crippen LogP contribution in [-0.4, -0.2) is 49.0 Å². The largest absolute Gasteiger partial charge is 0.468 e. The Bertz CT molecular complexity index is 1290. The van der Waals surface area contributed by atoms with Crippen LogP contribution in [0.3, 0.4) is 0 Å². The Balaban J connectivity index is 1.82. The lowest BCUT2D eigenvalue weighted by Crippen LogP contribution is -2.71. The number of fused-ring (bicyclic) bond motifs is 3. The Morgan fingerprint density at radius 1 is 1.03 bits per heavy atom. The van der Waals surface area contributed by atoms with E-state index in [2.05, 4.69) is 0 Å². The highest BCUT2D eigenvalue weighted by Crippen LogP contribution is 2.79. The zero-order chi connectivity index (χ0) is 29.1. The summed E-state index contributed by atoms with van der Waals surface area (Å²) in [7, 11) is 1.26. The van der Waals surface area contributed by atoms with Gasteiger partial charge >= 0.3 is 23.9 Å². The second-order valence-electron chi connectivity index (χ2n) is 13.1. The average Bonchev–Trinajstić information content (AvgIpc) is 3.17. The molecule has 3 fully saturated rings. The fourth-order valence-electron chi connectivity index (χ4n) is 9.85. The van der Waals surface area contributed by atoms with Crippen molar-refractivity contribution in [2.24, 2.45) is 38.9 Å². The van der Waals surface area contributed by atoms with Gasteiger partial charge in [0.05, 0.1) is 17.9 Å². The molecule has 212 valence electrons. The smallest absolute Gasteiger partial charge is 0.321 e. The zero-order valence-electron chi connectivity index (χ0n) is 24.2. The number of carbonyl (C=O) groups excluding carboxylic acids is 5. The first-order valence-corrected chi connectivity index (χ1v) is 13.6. The van der Waals surface area contributed by atoms with E-state index in [4.69, 9.17) is 18.9 Å². The molecule has 4 aliphatic carbocycles. The Hall–Kier alpha value is -2.97. The second kappa shape index (κ2) is 8.04. The molecule has 0 amide bonds. The van der Waals surface area contributed by atoms with Crippen LogP contribution in [0.2, 0.25) is 0 Å². The maximum atomic E-state index is 14.2. The topological polar surface area (TPSA) is 122 Å². The van der Waals surface area contributed by atoms with Gasteiger partial charge in [-0.1, -0.05) is 32.4 Å². The molecule has 0 aromatic rings. The van der Waals surface area contributed by atoms with Crippen molar-refractivity contribution < 1.29 is 42.9 Å². The summed E-state index contributed by atoms with van der Waals surface area (Å²) in [5.41, 5.74) is -5.02. The molecule has 39 heavy (non-hydrogen) atoms. The van der Waals surface area contributed by atoms with Gasteiger partial charge in [-0.05, 0) is 40.0 Å². The number of hydrogen-bond acceptors (Lipinski definition) is 9. The Morgan fingerprint density at radius 3 is 2.23 bits per heavy atom. The van der Waals surface area contributed by atoms with Crippen molar-refractivity contribution in [1.29, 1.82) is 0 Å². The van der Waals surface area contributed by atoms with E-state index in [1.807, 2.05) is 26.8 Å². The number of carbonyl (C=O) groups is 5. The third-order valence-corrected chi connectivity index (χ3v) is 11.2. The summed E-state index contributed by atoms with van der Waals surface area (Å²) in [4.78, 5) is 66.6. The van der Waals surface area contributed by atoms with Crippen molar-refractivity contribution in [1.82, 2.24) is 0 Å². The number of allylic oxidation sites excluding steroid dienone is 3. The summed E-state index contributed by atoms with van der Waals surface area (Å²) in [6.07, 6.45) is 2.02. The van der Waals surface area contributed by atoms with E-state index in [1.165, 1.54) is 21.0 Å². The van der Waals surface area contributed by atoms with E-state index in [-0.39, 0.29) is 41.4 Å². The molecule has 5 aliphatic rings. The highest BCUT2D eigenvalue weighted by Gasteiger charge is 2.85. The lowest BCUT2D eigenvalue weighted by atomic mass is 9.36. The minimum atomic E-state index is -1.70. The van der Waals surface area contributed by atoms with Crippen LogP contribution in [-0.2, 0) is 42.9 Å². The van der Waals surface area contributed by atoms with Crippen LogP contribution in [0.15, 0.2) is 23.0 Å². The quantitative estimate of drug-likeness (QED) is 0.226. The molecule has 9 heteroatoms. The van der Waals surface area contributed by atoms with Crippen molar-refractivity contribution >= 4 is 29.7 Å². The lowest BCUT2D eigenvalue weighted by molar-refractivity contribution is -0.218. The van der Waals surface area contributed by atoms with Gasteiger partial charge in [-0.15, -0.1) is 0 Å². The van der Waals surface area contributed by atoms with Gasteiger partial charge in [0.1, 0.15) is 23.4 Å². The number of rotatable bonds is 3. The van der Waals surface area contributed by atoms with Gasteiger partial charge in [-0.2, -0.15) is 0 Å². The molecule has 0 spiro atoms. The summed E-state index contributed by atoms with van der Waals surface area (Å²) < 4.78 is 23.1. The predicted octanol–water partition coefficient (Wildman–Crippen LogP) is 3.84. The van der Waals surface area contributed by atoms with E-state index < -0.39 is 57.1 Å². The van der Waals surface area contributed by atoms with Crippen LogP contribution in [0.25, 0.3) is 0 Å². The monoisotopic (exact) mass is 544 g/mol. The molecule has 1 unspecified atom stereocenters. The van der Waals surface area contributed by atoms with E-state index in [9.17, 15) is 24.0 Å². The highest BCUT2D eigenvalue weighted by molar-refractivity contribution is 6.12. The summed E-state index contributed by atoms with van der Waals surface area (Å²) in [6, 6.07) is 0. The average molecular weight is 545 g/mol. The standard InChI is InChI=1S/C30H38O9/c1-14-12-19-27(7,30(25(35)36-9)23(38-17(4)32)15(2)22(33)28(14,30)8)13-18-21-26(5,6)20(37-16(3)31)10-11-29(19,21)24(34)39-18/h12,18-21H,10-11,13H2,1-9H3/t18-,19-,20+,21?,27+,28+,29-,30-/m0/s1/i23+1,25+1. The van der Waals surface area contributed by atoms with Crippen molar-refractivity contribution in [2.45, 2.75) is 86.9 Å². The maximum absolute atomic E-state index is 14.2. The molecule has 5 rings (SSSR count). The number of methoxy groups -OCH3 is 1. The van der Waals surface area contributed by atoms with Crippen LogP contribution in [0.5, 0.6) is 0 Å². The zero-order valence-corrected chi connectivity index (χ0v) is 24.2. The first-order chi connectivity index (χ1) is 18.0. The lowest BCUT2D eigenvalue weighted by Gasteiger charge is -2.66. The summed E-state index contributed by atoms with van der Waals surface area (Å²) in [5.74, 6) is -3.21. The third kappa shape index (κ3) is 2.84. The van der Waals surface area contributed by atoms with Gasteiger partial charge in [0, 0.05) is 42.1 Å². The molecular formula is C30H38O9. The van der Waals surface area contributed by atoms with Crippen molar-refractivity contribution in [3.05, 3.63) is 23.0 Å². The Kier molecular flexibility index (Phi) is 5.69. The number of hydrogen-bond donors (Lipinski definition) is 0. The van der Waals surface area contributed by atoms with Gasteiger partial charge in [0.2, 0.25) is 0 Å². The van der Waals surface area contributed by atoms with Gasteiger partial charge in [-0.25, -0.2) is 0 Å². The molecule has 0 aromatic heterocycles. The fraction of sp³-hybridized carbons (Fsp3) is 0.700. The van der Waals surface area contributed by atoms with E-state index in [0.29, 0.717) is 18.4 Å². The predicted molar refractivity (Wildman–Crippen MR) is 136 cm³/mol. The number of Topliss-reactive ketones (excluding diaryl/α,β-unsaturated/α-hetero) is 1. The van der Waals surface area contributed by atoms with Crippen molar-refractivity contribution in [3.8, 4) is 0 Å². The molecule has 8 atom stereocenters.